The van der Waals surface area contributed by atoms with Gasteiger partial charge in [0, 0.05) is 6.20 Å². The van der Waals surface area contributed by atoms with Crippen LogP contribution in [0, 0.1) is 6.92 Å². The van der Waals surface area contributed by atoms with Gasteiger partial charge in [-0.3, -0.25) is 4.79 Å². The molecule has 0 radical (unpaired) electrons. The van der Waals surface area contributed by atoms with Crippen LogP contribution in [-0.2, 0) is 14.3 Å². The SMILES string of the molecule is COc1cc(/C=C(/OC(=O)C(F)(F)F)C(=O)NCCOc2ccccc2)ccc1-n1cnc(C)c1. The second kappa shape index (κ2) is 11.2. The van der Waals surface area contributed by atoms with E-state index in [0.717, 1.165) is 11.8 Å². The molecule has 0 fully saturated rings. The van der Waals surface area contributed by atoms with Gasteiger partial charge in [0.05, 0.1) is 31.4 Å². The van der Waals surface area contributed by atoms with E-state index in [9.17, 15) is 22.8 Å². The smallest absolute Gasteiger partial charge is 0.491 e. The predicted octanol–water partition coefficient (Wildman–Crippen LogP) is 3.83. The molecule has 1 heterocycles. The molecular weight excluding hydrogens is 467 g/mol. The molecule has 8 nitrogen and oxygen atoms in total. The number of ether oxygens (including phenoxy) is 3. The van der Waals surface area contributed by atoms with Crippen LogP contribution >= 0.6 is 0 Å². The summed E-state index contributed by atoms with van der Waals surface area (Å²) in [4.78, 5) is 28.1. The van der Waals surface area contributed by atoms with Crippen LogP contribution in [0.15, 0.2) is 66.8 Å². The third-order valence-electron chi connectivity index (χ3n) is 4.55. The van der Waals surface area contributed by atoms with Gasteiger partial charge in [0.25, 0.3) is 5.91 Å². The highest BCUT2D eigenvalue weighted by Crippen LogP contribution is 2.26. The number of halogens is 3. The standard InChI is InChI=1S/C24H22F3N3O5/c1-16-14-30(15-29-16)19-9-8-17(12-20(19)33-2)13-21(35-23(32)24(25,26)27)22(31)28-10-11-34-18-6-4-3-5-7-18/h3-9,12-15H,10-11H2,1-2H3,(H,28,31)/b21-13+. The number of methoxy groups -OCH3 is 1. The number of aryl methyl sites for hydroxylation is 1. The summed E-state index contributed by atoms with van der Waals surface area (Å²) in [5, 5.41) is 2.38. The monoisotopic (exact) mass is 489 g/mol. The summed E-state index contributed by atoms with van der Waals surface area (Å²) >= 11 is 0. The van der Waals surface area contributed by atoms with E-state index in [1.54, 1.807) is 53.5 Å². The van der Waals surface area contributed by atoms with E-state index in [1.807, 2.05) is 6.92 Å². The van der Waals surface area contributed by atoms with Gasteiger partial charge in [-0.1, -0.05) is 24.3 Å². The van der Waals surface area contributed by atoms with E-state index < -0.39 is 23.8 Å². The largest absolute Gasteiger partial charge is 0.495 e. The maximum absolute atomic E-state index is 12.8. The highest BCUT2D eigenvalue weighted by Gasteiger charge is 2.42. The highest BCUT2D eigenvalue weighted by atomic mass is 19.4. The average Bonchev–Trinajstić information content (AvgIpc) is 3.27. The first-order valence-electron chi connectivity index (χ1n) is 10.3. The highest BCUT2D eigenvalue weighted by molar-refractivity contribution is 5.98. The number of aromatic nitrogens is 2. The Bertz CT molecular complexity index is 1210. The number of hydrogen-bond acceptors (Lipinski definition) is 6. The van der Waals surface area contributed by atoms with Crippen LogP contribution in [0.2, 0.25) is 0 Å². The molecule has 11 heteroatoms. The molecule has 1 amide bonds. The fourth-order valence-corrected chi connectivity index (χ4v) is 2.94. The number of nitrogens with zero attached hydrogens (tertiary/aromatic N) is 2. The summed E-state index contributed by atoms with van der Waals surface area (Å²) in [7, 11) is 1.42. The van der Waals surface area contributed by atoms with Crippen LogP contribution in [-0.4, -0.2) is 47.9 Å². The van der Waals surface area contributed by atoms with Gasteiger partial charge in [0.2, 0.25) is 0 Å². The van der Waals surface area contributed by atoms with Crippen LogP contribution < -0.4 is 14.8 Å². The van der Waals surface area contributed by atoms with Crippen molar-refractivity contribution in [2.75, 3.05) is 20.3 Å². The number of para-hydroxylation sites is 1. The summed E-state index contributed by atoms with van der Waals surface area (Å²) in [6, 6.07) is 13.4. The molecule has 0 spiro atoms. The number of rotatable bonds is 9. The van der Waals surface area contributed by atoms with Gasteiger partial charge in [0.15, 0.2) is 5.76 Å². The summed E-state index contributed by atoms with van der Waals surface area (Å²) < 4.78 is 55.2. The number of imidazole rings is 1. The van der Waals surface area contributed by atoms with Crippen molar-refractivity contribution in [2.45, 2.75) is 13.1 Å². The van der Waals surface area contributed by atoms with E-state index in [0.29, 0.717) is 17.2 Å². The molecule has 0 saturated carbocycles. The molecule has 35 heavy (non-hydrogen) atoms. The Morgan fingerprint density at radius 3 is 2.51 bits per heavy atom. The Labute approximate surface area is 198 Å². The minimum absolute atomic E-state index is 0.0447. The van der Waals surface area contributed by atoms with Crippen molar-refractivity contribution in [1.29, 1.82) is 0 Å². The maximum Gasteiger partial charge on any atom is 0.491 e. The molecule has 0 aliphatic heterocycles. The molecule has 0 saturated heterocycles. The van der Waals surface area contributed by atoms with Gasteiger partial charge in [-0.2, -0.15) is 13.2 Å². The zero-order valence-electron chi connectivity index (χ0n) is 18.8. The number of hydrogen-bond donors (Lipinski definition) is 1. The van der Waals surface area contributed by atoms with Crippen LogP contribution in [0.1, 0.15) is 11.3 Å². The van der Waals surface area contributed by atoms with Gasteiger partial charge in [0.1, 0.15) is 18.1 Å². The maximum atomic E-state index is 12.8. The molecule has 184 valence electrons. The van der Waals surface area contributed by atoms with Crippen molar-refractivity contribution in [1.82, 2.24) is 14.9 Å². The van der Waals surface area contributed by atoms with Crippen molar-refractivity contribution in [3.05, 3.63) is 78.1 Å². The number of esters is 1. The van der Waals surface area contributed by atoms with Crippen molar-refractivity contribution in [2.24, 2.45) is 0 Å². The van der Waals surface area contributed by atoms with Crippen LogP contribution in [0.4, 0.5) is 13.2 Å². The Balaban J connectivity index is 1.79. The van der Waals surface area contributed by atoms with E-state index in [2.05, 4.69) is 15.0 Å². The number of amides is 1. The van der Waals surface area contributed by atoms with Gasteiger partial charge in [-0.15, -0.1) is 0 Å². The van der Waals surface area contributed by atoms with E-state index in [4.69, 9.17) is 9.47 Å². The Morgan fingerprint density at radius 1 is 1.14 bits per heavy atom. The first kappa shape index (κ1) is 25.3. The average molecular weight is 489 g/mol. The number of carbonyl (C=O) groups is 2. The lowest BCUT2D eigenvalue weighted by atomic mass is 10.1. The summed E-state index contributed by atoms with van der Waals surface area (Å²) in [5.41, 5.74) is 1.65. The molecule has 3 rings (SSSR count). The molecule has 1 aromatic heterocycles. The second-order valence-corrected chi connectivity index (χ2v) is 7.17. The van der Waals surface area contributed by atoms with E-state index in [-0.39, 0.29) is 18.7 Å². The Morgan fingerprint density at radius 2 is 1.89 bits per heavy atom. The first-order valence-corrected chi connectivity index (χ1v) is 10.3. The van der Waals surface area contributed by atoms with Gasteiger partial charge in [-0.25, -0.2) is 9.78 Å². The lowest BCUT2D eigenvalue weighted by molar-refractivity contribution is -0.195. The fraction of sp³-hybridized carbons (Fsp3) is 0.208. The Kier molecular flexibility index (Phi) is 8.13. The molecule has 3 aromatic rings. The second-order valence-electron chi connectivity index (χ2n) is 7.17. The lowest BCUT2D eigenvalue weighted by Crippen LogP contribution is -2.33. The predicted molar refractivity (Wildman–Crippen MR) is 120 cm³/mol. The van der Waals surface area contributed by atoms with Crippen molar-refractivity contribution < 1.29 is 37.0 Å². The molecule has 0 aliphatic carbocycles. The molecule has 0 unspecified atom stereocenters. The fourth-order valence-electron chi connectivity index (χ4n) is 2.94. The van der Waals surface area contributed by atoms with Gasteiger partial charge in [-0.05, 0) is 42.8 Å². The topological polar surface area (TPSA) is 91.7 Å². The quantitative estimate of drug-likeness (QED) is 0.213. The Hall–Kier alpha value is -4.28. The van der Waals surface area contributed by atoms with E-state index >= 15 is 0 Å². The van der Waals surface area contributed by atoms with Crippen molar-refractivity contribution in [3.8, 4) is 17.2 Å². The molecule has 2 aromatic carbocycles. The summed E-state index contributed by atoms with van der Waals surface area (Å²) in [6.45, 7) is 1.81. The third kappa shape index (κ3) is 7.10. The van der Waals surface area contributed by atoms with Crippen LogP contribution in [0.3, 0.4) is 0 Å². The number of benzene rings is 2. The van der Waals surface area contributed by atoms with Crippen LogP contribution in [0.5, 0.6) is 11.5 Å². The van der Waals surface area contributed by atoms with E-state index in [1.165, 1.54) is 19.2 Å². The minimum atomic E-state index is -5.28. The molecule has 0 atom stereocenters. The molecule has 0 bridgehead atoms. The number of alkyl halides is 3. The number of carbonyl (C=O) groups excluding carboxylic acids is 2. The molecule has 0 aliphatic rings. The zero-order valence-corrected chi connectivity index (χ0v) is 18.8. The normalized spacial score (nSPS) is 11.6. The lowest BCUT2D eigenvalue weighted by Gasteiger charge is -2.13. The van der Waals surface area contributed by atoms with Crippen molar-refractivity contribution >= 4 is 18.0 Å². The number of nitrogens with one attached hydrogen (secondary N) is 1. The first-order chi connectivity index (χ1) is 16.7. The summed E-state index contributed by atoms with van der Waals surface area (Å²) in [5.74, 6) is -3.46. The summed E-state index contributed by atoms with van der Waals surface area (Å²) in [6.07, 6.45) is -0.932. The van der Waals surface area contributed by atoms with Gasteiger partial charge < -0.3 is 24.1 Å². The minimum Gasteiger partial charge on any atom is -0.495 e. The third-order valence-corrected chi connectivity index (χ3v) is 4.55. The van der Waals surface area contributed by atoms with Gasteiger partial charge >= 0.3 is 12.1 Å². The van der Waals surface area contributed by atoms with Crippen molar-refractivity contribution in [3.63, 3.8) is 0 Å². The molecular formula is C24H22F3N3O5. The molecule has 1 N–H and O–H groups in total. The zero-order chi connectivity index (χ0) is 25.4. The van der Waals surface area contributed by atoms with Crippen LogP contribution in [0.25, 0.3) is 11.8 Å².